The van der Waals surface area contributed by atoms with Crippen LogP contribution in [0.25, 0.3) is 0 Å². The summed E-state index contributed by atoms with van der Waals surface area (Å²) in [5.74, 6) is -1.15. The second-order valence-corrected chi connectivity index (χ2v) is 4.80. The first kappa shape index (κ1) is 20.2. The van der Waals surface area contributed by atoms with Crippen LogP contribution >= 0.6 is 0 Å². The van der Waals surface area contributed by atoms with Gasteiger partial charge in [0.2, 0.25) is 0 Å². The standard InChI is InChI=1S/C16H22O4.Na/c1-2-3-4-5-6-7-8-15(17)20-14-11-9-13(10-12-14)16(18)19;/h9-12H,2-8H2,1H3,(H,18,19);/q;+1/p-1. The van der Waals surface area contributed by atoms with E-state index >= 15 is 0 Å². The molecule has 0 bridgehead atoms. The smallest absolute Gasteiger partial charge is 0.545 e. The van der Waals surface area contributed by atoms with E-state index in [9.17, 15) is 14.7 Å². The zero-order valence-corrected chi connectivity index (χ0v) is 14.9. The summed E-state index contributed by atoms with van der Waals surface area (Å²) in [7, 11) is 0. The summed E-state index contributed by atoms with van der Waals surface area (Å²) in [6.07, 6.45) is 7.10. The number of carbonyl (C=O) groups is 2. The zero-order chi connectivity index (χ0) is 14.8. The van der Waals surface area contributed by atoms with Crippen molar-refractivity contribution in [3.8, 4) is 5.75 Å². The van der Waals surface area contributed by atoms with Crippen LogP contribution in [0.3, 0.4) is 0 Å². The molecule has 0 aliphatic carbocycles. The number of carboxylic acids is 1. The van der Waals surface area contributed by atoms with Crippen LogP contribution in [0.4, 0.5) is 0 Å². The van der Waals surface area contributed by atoms with Gasteiger partial charge in [-0.1, -0.05) is 39.0 Å². The van der Waals surface area contributed by atoms with E-state index in [4.69, 9.17) is 4.74 Å². The molecular formula is C16H21NaO4. The SMILES string of the molecule is CCCCCCCCC(=O)Oc1ccc(C(=O)[O-])cc1.[Na+]. The Morgan fingerprint density at radius 3 is 2.14 bits per heavy atom. The van der Waals surface area contributed by atoms with Crippen molar-refractivity contribution in [1.29, 1.82) is 0 Å². The summed E-state index contributed by atoms with van der Waals surface area (Å²) in [5, 5.41) is 10.6. The van der Waals surface area contributed by atoms with Gasteiger partial charge in [0.15, 0.2) is 0 Å². The number of carbonyl (C=O) groups excluding carboxylic acids is 2. The van der Waals surface area contributed by atoms with Crippen molar-refractivity contribution < 1.29 is 49.0 Å². The number of hydrogen-bond acceptors (Lipinski definition) is 4. The summed E-state index contributed by atoms with van der Waals surface area (Å²) in [5.41, 5.74) is 0.0701. The number of unbranched alkanes of at least 4 members (excludes halogenated alkanes) is 5. The molecule has 0 aliphatic rings. The minimum atomic E-state index is -1.24. The van der Waals surface area contributed by atoms with E-state index < -0.39 is 5.97 Å². The fourth-order valence-corrected chi connectivity index (χ4v) is 1.89. The van der Waals surface area contributed by atoms with E-state index in [0.717, 1.165) is 19.3 Å². The van der Waals surface area contributed by atoms with E-state index in [0.29, 0.717) is 12.2 Å². The molecule has 1 rings (SSSR count). The molecule has 0 fully saturated rings. The zero-order valence-electron chi connectivity index (χ0n) is 12.9. The van der Waals surface area contributed by atoms with Gasteiger partial charge in [0.1, 0.15) is 5.75 Å². The molecule has 0 aromatic heterocycles. The minimum absolute atomic E-state index is 0. The summed E-state index contributed by atoms with van der Waals surface area (Å²) < 4.78 is 5.12. The molecule has 21 heavy (non-hydrogen) atoms. The molecule has 0 saturated heterocycles. The monoisotopic (exact) mass is 300 g/mol. The van der Waals surface area contributed by atoms with Gasteiger partial charge in [-0.25, -0.2) is 0 Å². The van der Waals surface area contributed by atoms with Crippen molar-refractivity contribution in [3.05, 3.63) is 29.8 Å². The number of esters is 1. The molecular weight excluding hydrogens is 279 g/mol. The maximum absolute atomic E-state index is 11.6. The van der Waals surface area contributed by atoms with Crippen LogP contribution in [0, 0.1) is 0 Å². The molecule has 0 saturated carbocycles. The molecule has 110 valence electrons. The van der Waals surface area contributed by atoms with Gasteiger partial charge >= 0.3 is 35.5 Å². The van der Waals surface area contributed by atoms with Crippen molar-refractivity contribution >= 4 is 11.9 Å². The van der Waals surface area contributed by atoms with Crippen LogP contribution in [-0.4, -0.2) is 11.9 Å². The Labute approximate surface area is 148 Å². The summed E-state index contributed by atoms with van der Waals surface area (Å²) in [6, 6.07) is 5.65. The van der Waals surface area contributed by atoms with Gasteiger partial charge in [0.05, 0.1) is 5.97 Å². The second kappa shape index (κ2) is 11.8. The maximum atomic E-state index is 11.6. The third kappa shape index (κ3) is 8.91. The van der Waals surface area contributed by atoms with E-state index in [-0.39, 0.29) is 41.1 Å². The van der Waals surface area contributed by atoms with Crippen LogP contribution in [-0.2, 0) is 4.79 Å². The topological polar surface area (TPSA) is 66.4 Å². The summed E-state index contributed by atoms with van der Waals surface area (Å²) >= 11 is 0. The van der Waals surface area contributed by atoms with Crippen molar-refractivity contribution in [1.82, 2.24) is 0 Å². The Hall–Kier alpha value is -0.840. The van der Waals surface area contributed by atoms with E-state index in [1.54, 1.807) is 0 Å². The van der Waals surface area contributed by atoms with Gasteiger partial charge in [-0.2, -0.15) is 0 Å². The maximum Gasteiger partial charge on any atom is 1.00 e. The normalized spacial score (nSPS) is 9.76. The Morgan fingerprint density at radius 2 is 1.57 bits per heavy atom. The molecule has 0 aliphatic heterocycles. The Bertz CT molecular complexity index is 428. The van der Waals surface area contributed by atoms with Gasteiger partial charge in [0.25, 0.3) is 0 Å². The predicted molar refractivity (Wildman–Crippen MR) is 74.4 cm³/mol. The number of rotatable bonds is 9. The molecule has 0 heterocycles. The molecule has 1 aromatic carbocycles. The fourth-order valence-electron chi connectivity index (χ4n) is 1.89. The molecule has 0 radical (unpaired) electrons. The van der Waals surface area contributed by atoms with Gasteiger partial charge in [-0.3, -0.25) is 4.79 Å². The molecule has 0 amide bonds. The van der Waals surface area contributed by atoms with Crippen LogP contribution in [0.1, 0.15) is 62.2 Å². The minimum Gasteiger partial charge on any atom is -0.545 e. The van der Waals surface area contributed by atoms with Crippen LogP contribution in [0.5, 0.6) is 5.75 Å². The molecule has 0 spiro atoms. The quantitative estimate of drug-likeness (QED) is 0.272. The van der Waals surface area contributed by atoms with Gasteiger partial charge < -0.3 is 14.6 Å². The third-order valence-corrected chi connectivity index (χ3v) is 3.06. The molecule has 0 unspecified atom stereocenters. The summed E-state index contributed by atoms with van der Waals surface area (Å²) in [4.78, 5) is 22.1. The number of aromatic carboxylic acids is 1. The van der Waals surface area contributed by atoms with Gasteiger partial charge in [-0.15, -0.1) is 0 Å². The predicted octanol–water partition coefficient (Wildman–Crippen LogP) is -0.290. The van der Waals surface area contributed by atoms with Crippen molar-refractivity contribution in [2.75, 3.05) is 0 Å². The summed E-state index contributed by atoms with van der Waals surface area (Å²) in [6.45, 7) is 2.17. The first-order valence-corrected chi connectivity index (χ1v) is 7.15. The molecule has 0 N–H and O–H groups in total. The van der Waals surface area contributed by atoms with Gasteiger partial charge in [0, 0.05) is 6.42 Å². The third-order valence-electron chi connectivity index (χ3n) is 3.06. The molecule has 4 nitrogen and oxygen atoms in total. The largest absolute Gasteiger partial charge is 1.00 e. The van der Waals surface area contributed by atoms with Crippen molar-refractivity contribution in [2.45, 2.75) is 51.9 Å². The van der Waals surface area contributed by atoms with Crippen LogP contribution in [0.15, 0.2) is 24.3 Å². The van der Waals surface area contributed by atoms with Crippen LogP contribution < -0.4 is 39.4 Å². The van der Waals surface area contributed by atoms with Crippen molar-refractivity contribution in [2.24, 2.45) is 0 Å². The first-order chi connectivity index (χ1) is 9.63. The first-order valence-electron chi connectivity index (χ1n) is 7.15. The Balaban J connectivity index is 0.00000400. The number of benzene rings is 1. The van der Waals surface area contributed by atoms with Gasteiger partial charge in [-0.05, 0) is 36.2 Å². The molecule has 0 atom stereocenters. The van der Waals surface area contributed by atoms with E-state index in [2.05, 4.69) is 6.92 Å². The fraction of sp³-hybridized carbons (Fsp3) is 0.500. The van der Waals surface area contributed by atoms with E-state index in [1.807, 2.05) is 0 Å². The number of carboxylic acid groups (broad SMARTS) is 1. The molecule has 1 aromatic rings. The average molecular weight is 300 g/mol. The van der Waals surface area contributed by atoms with E-state index in [1.165, 1.54) is 43.5 Å². The van der Waals surface area contributed by atoms with Crippen molar-refractivity contribution in [3.63, 3.8) is 0 Å². The average Bonchev–Trinajstić information content (AvgIpc) is 2.43. The number of hydrogen-bond donors (Lipinski definition) is 0. The second-order valence-electron chi connectivity index (χ2n) is 4.80. The van der Waals surface area contributed by atoms with Crippen LogP contribution in [0.2, 0.25) is 0 Å². The number of ether oxygens (including phenoxy) is 1. The Morgan fingerprint density at radius 1 is 1.00 bits per heavy atom. The molecule has 5 heteroatoms. The Kier molecular flexibility index (Phi) is 11.3.